The van der Waals surface area contributed by atoms with Gasteiger partial charge in [0, 0.05) is 20.1 Å². The van der Waals surface area contributed by atoms with Crippen molar-refractivity contribution in [3.63, 3.8) is 0 Å². The maximum Gasteiger partial charge on any atom is 0.410 e. The first-order valence-electron chi connectivity index (χ1n) is 7.51. The van der Waals surface area contributed by atoms with Gasteiger partial charge in [-0.15, -0.1) is 0 Å². The van der Waals surface area contributed by atoms with Gasteiger partial charge in [0.05, 0.1) is 12.6 Å². The highest BCUT2D eigenvalue weighted by Gasteiger charge is 2.34. The van der Waals surface area contributed by atoms with Crippen LogP contribution in [-0.2, 0) is 11.3 Å². The Hall–Kier alpha value is -2.32. The van der Waals surface area contributed by atoms with Crippen molar-refractivity contribution in [2.75, 3.05) is 20.1 Å². The summed E-state index contributed by atoms with van der Waals surface area (Å²) in [5.41, 5.74) is -0.477. The summed E-state index contributed by atoms with van der Waals surface area (Å²) in [6.07, 6.45) is -0.292. The predicted octanol–water partition coefficient (Wildman–Crippen LogP) is 0.662. The lowest BCUT2D eigenvalue weighted by Gasteiger charge is -2.40. The molecule has 0 radical (unpaired) electrons. The SMILES string of the molecule is CN=C(NCc1nc(C)no1)NC1CN(C(=O)OC(C)(C)C)C1. The normalized spacial score (nSPS) is 16.0. The van der Waals surface area contributed by atoms with Crippen molar-refractivity contribution in [1.29, 1.82) is 0 Å². The largest absolute Gasteiger partial charge is 0.444 e. The molecule has 0 bridgehead atoms. The van der Waals surface area contributed by atoms with E-state index in [1.807, 2.05) is 20.8 Å². The van der Waals surface area contributed by atoms with E-state index >= 15 is 0 Å². The van der Waals surface area contributed by atoms with Crippen LogP contribution in [0.15, 0.2) is 9.52 Å². The van der Waals surface area contributed by atoms with E-state index in [0.29, 0.717) is 37.3 Å². The van der Waals surface area contributed by atoms with E-state index in [1.165, 1.54) is 0 Å². The molecule has 2 rings (SSSR count). The molecule has 1 aliphatic heterocycles. The average molecular weight is 324 g/mol. The third kappa shape index (κ3) is 5.11. The van der Waals surface area contributed by atoms with Crippen molar-refractivity contribution in [1.82, 2.24) is 25.7 Å². The highest BCUT2D eigenvalue weighted by atomic mass is 16.6. The Morgan fingerprint density at radius 2 is 2.17 bits per heavy atom. The van der Waals surface area contributed by atoms with Gasteiger partial charge in [-0.3, -0.25) is 4.99 Å². The zero-order chi connectivity index (χ0) is 17.0. The molecule has 0 saturated carbocycles. The van der Waals surface area contributed by atoms with Crippen LogP contribution < -0.4 is 10.6 Å². The quantitative estimate of drug-likeness (QED) is 0.621. The molecule has 0 aromatic carbocycles. The number of amides is 1. The lowest BCUT2D eigenvalue weighted by atomic mass is 10.1. The second-order valence-corrected chi connectivity index (χ2v) is 6.39. The third-order valence-corrected chi connectivity index (χ3v) is 3.07. The Bertz CT molecular complexity index is 571. The topological polar surface area (TPSA) is 105 Å². The van der Waals surface area contributed by atoms with Gasteiger partial charge in [-0.1, -0.05) is 5.16 Å². The summed E-state index contributed by atoms with van der Waals surface area (Å²) < 4.78 is 10.3. The number of hydrogen-bond acceptors (Lipinski definition) is 6. The van der Waals surface area contributed by atoms with Crippen molar-refractivity contribution in [3.8, 4) is 0 Å². The summed E-state index contributed by atoms with van der Waals surface area (Å²) >= 11 is 0. The number of aryl methyl sites for hydroxylation is 1. The van der Waals surface area contributed by atoms with Gasteiger partial charge in [0.15, 0.2) is 11.8 Å². The van der Waals surface area contributed by atoms with Gasteiger partial charge in [-0.05, 0) is 27.7 Å². The number of ether oxygens (including phenoxy) is 1. The number of rotatable bonds is 3. The number of aliphatic imine (C=N–C) groups is 1. The van der Waals surface area contributed by atoms with Crippen LogP contribution >= 0.6 is 0 Å². The number of nitrogens with one attached hydrogen (secondary N) is 2. The number of guanidine groups is 1. The molecule has 0 spiro atoms. The highest BCUT2D eigenvalue weighted by Crippen LogP contribution is 2.15. The van der Waals surface area contributed by atoms with Gasteiger partial charge in [-0.2, -0.15) is 4.98 Å². The summed E-state index contributed by atoms with van der Waals surface area (Å²) in [5, 5.41) is 10.0. The fraction of sp³-hybridized carbons (Fsp3) is 0.714. The molecule has 0 unspecified atom stereocenters. The third-order valence-electron chi connectivity index (χ3n) is 3.07. The Morgan fingerprint density at radius 1 is 1.48 bits per heavy atom. The zero-order valence-corrected chi connectivity index (χ0v) is 14.2. The smallest absolute Gasteiger partial charge is 0.410 e. The number of likely N-dealkylation sites (tertiary alicyclic amines) is 1. The Labute approximate surface area is 135 Å². The molecule has 9 heteroatoms. The Morgan fingerprint density at radius 3 is 2.70 bits per heavy atom. The van der Waals surface area contributed by atoms with E-state index in [4.69, 9.17) is 9.26 Å². The average Bonchev–Trinajstić information content (AvgIpc) is 2.80. The molecular formula is C14H24N6O3. The van der Waals surface area contributed by atoms with Crippen LogP contribution in [0, 0.1) is 6.92 Å². The van der Waals surface area contributed by atoms with Crippen molar-refractivity contribution >= 4 is 12.1 Å². The molecule has 0 atom stereocenters. The minimum atomic E-state index is -0.477. The summed E-state index contributed by atoms with van der Waals surface area (Å²) in [6, 6.07) is 0.137. The predicted molar refractivity (Wildman–Crippen MR) is 84.0 cm³/mol. The zero-order valence-electron chi connectivity index (χ0n) is 14.2. The van der Waals surface area contributed by atoms with E-state index in [1.54, 1.807) is 18.9 Å². The van der Waals surface area contributed by atoms with Crippen molar-refractivity contribution in [2.45, 2.75) is 45.9 Å². The number of aromatic nitrogens is 2. The first-order chi connectivity index (χ1) is 10.8. The number of hydrogen-bond donors (Lipinski definition) is 2. The lowest BCUT2D eigenvalue weighted by molar-refractivity contribution is 0.00701. The van der Waals surface area contributed by atoms with Crippen molar-refractivity contribution < 1.29 is 14.1 Å². The van der Waals surface area contributed by atoms with E-state index in [2.05, 4.69) is 25.8 Å². The molecule has 1 aromatic rings. The summed E-state index contributed by atoms with van der Waals surface area (Å²) in [5.74, 6) is 1.71. The maximum absolute atomic E-state index is 11.9. The van der Waals surface area contributed by atoms with Crippen molar-refractivity contribution in [2.24, 2.45) is 4.99 Å². The van der Waals surface area contributed by atoms with Gasteiger partial charge < -0.3 is 24.8 Å². The molecule has 2 heterocycles. The summed E-state index contributed by atoms with van der Waals surface area (Å²) in [7, 11) is 1.68. The van der Waals surface area contributed by atoms with E-state index < -0.39 is 5.60 Å². The summed E-state index contributed by atoms with van der Waals surface area (Å²) in [6.45, 7) is 8.87. The summed E-state index contributed by atoms with van der Waals surface area (Å²) in [4.78, 5) is 21.7. The first kappa shape index (κ1) is 17.0. The standard InChI is InChI=1S/C14H24N6O3/c1-9-17-11(23-19-9)6-16-12(15-5)18-10-7-20(8-10)13(21)22-14(2,3)4/h10H,6-8H2,1-5H3,(H2,15,16,18). The molecule has 0 aliphatic carbocycles. The number of carbonyl (C=O) groups is 1. The molecule has 1 aliphatic rings. The Balaban J connectivity index is 1.72. The molecule has 1 saturated heterocycles. The van der Waals surface area contributed by atoms with E-state index in [9.17, 15) is 4.79 Å². The molecule has 23 heavy (non-hydrogen) atoms. The van der Waals surface area contributed by atoms with Crippen LogP contribution in [0.2, 0.25) is 0 Å². The fourth-order valence-corrected chi connectivity index (χ4v) is 2.00. The number of carbonyl (C=O) groups excluding carboxylic acids is 1. The highest BCUT2D eigenvalue weighted by molar-refractivity contribution is 5.80. The van der Waals surface area contributed by atoms with Crippen LogP contribution in [-0.4, -0.2) is 58.9 Å². The van der Waals surface area contributed by atoms with Crippen molar-refractivity contribution in [3.05, 3.63) is 11.7 Å². The maximum atomic E-state index is 11.9. The van der Waals surface area contributed by atoms with Gasteiger partial charge in [0.2, 0.25) is 5.89 Å². The molecule has 1 fully saturated rings. The first-order valence-corrected chi connectivity index (χ1v) is 7.51. The number of nitrogens with zero attached hydrogens (tertiary/aromatic N) is 4. The van der Waals surface area contributed by atoms with Crippen LogP contribution in [0.25, 0.3) is 0 Å². The van der Waals surface area contributed by atoms with E-state index in [0.717, 1.165) is 0 Å². The molecule has 2 N–H and O–H groups in total. The van der Waals surface area contributed by atoms with Gasteiger partial charge in [0.25, 0.3) is 0 Å². The van der Waals surface area contributed by atoms with Gasteiger partial charge in [-0.25, -0.2) is 4.79 Å². The molecular weight excluding hydrogens is 300 g/mol. The van der Waals surface area contributed by atoms with Gasteiger partial charge >= 0.3 is 6.09 Å². The Kier molecular flexibility index (Phi) is 5.07. The monoisotopic (exact) mass is 324 g/mol. The van der Waals surface area contributed by atoms with Crippen LogP contribution in [0.3, 0.4) is 0 Å². The van der Waals surface area contributed by atoms with Gasteiger partial charge in [0.1, 0.15) is 5.60 Å². The minimum Gasteiger partial charge on any atom is -0.444 e. The van der Waals surface area contributed by atoms with Crippen LogP contribution in [0.1, 0.15) is 32.5 Å². The molecule has 128 valence electrons. The molecule has 1 aromatic heterocycles. The second kappa shape index (κ2) is 6.84. The van der Waals surface area contributed by atoms with Crippen LogP contribution in [0.5, 0.6) is 0 Å². The minimum absolute atomic E-state index is 0.137. The molecule has 9 nitrogen and oxygen atoms in total. The van der Waals surface area contributed by atoms with Crippen LogP contribution in [0.4, 0.5) is 4.79 Å². The lowest BCUT2D eigenvalue weighted by Crippen LogP contribution is -2.63. The van der Waals surface area contributed by atoms with E-state index in [-0.39, 0.29) is 12.1 Å². The molecule has 1 amide bonds. The fourth-order valence-electron chi connectivity index (χ4n) is 2.00. The second-order valence-electron chi connectivity index (χ2n) is 6.39.